The SMILES string of the molecule is CN(C)CCCCCCCCCCCCNCCN. The van der Waals surface area contributed by atoms with Crippen molar-refractivity contribution < 1.29 is 0 Å². The molecule has 3 nitrogen and oxygen atoms in total. The summed E-state index contributed by atoms with van der Waals surface area (Å²) >= 11 is 0. The van der Waals surface area contributed by atoms with E-state index in [9.17, 15) is 0 Å². The maximum absolute atomic E-state index is 5.42. The molecule has 0 saturated carbocycles. The first kappa shape index (κ1) is 18.9. The molecule has 0 aliphatic heterocycles. The van der Waals surface area contributed by atoms with E-state index in [1.807, 2.05) is 0 Å². The molecular formula is C16H37N3. The minimum Gasteiger partial charge on any atom is -0.329 e. The van der Waals surface area contributed by atoms with Crippen molar-refractivity contribution in [2.45, 2.75) is 64.2 Å². The second-order valence-corrected chi connectivity index (χ2v) is 5.88. The van der Waals surface area contributed by atoms with Crippen LogP contribution in [0.3, 0.4) is 0 Å². The van der Waals surface area contributed by atoms with Gasteiger partial charge in [-0.3, -0.25) is 0 Å². The van der Waals surface area contributed by atoms with Crippen molar-refractivity contribution in [3.8, 4) is 0 Å². The molecule has 0 saturated heterocycles. The standard InChI is InChI=1S/C16H37N3/c1-19(2)16-12-10-8-6-4-3-5-7-9-11-14-18-15-13-17/h18H,3-17H2,1-2H3. The van der Waals surface area contributed by atoms with E-state index in [1.165, 1.54) is 70.8 Å². The molecule has 0 aromatic heterocycles. The molecule has 0 radical (unpaired) electrons. The van der Waals surface area contributed by atoms with Crippen LogP contribution in [0.5, 0.6) is 0 Å². The third-order valence-corrected chi connectivity index (χ3v) is 3.53. The van der Waals surface area contributed by atoms with E-state index in [0.29, 0.717) is 0 Å². The van der Waals surface area contributed by atoms with Gasteiger partial charge in [0.2, 0.25) is 0 Å². The van der Waals surface area contributed by atoms with Gasteiger partial charge in [0.1, 0.15) is 0 Å². The maximum Gasteiger partial charge on any atom is 0.00745 e. The summed E-state index contributed by atoms with van der Waals surface area (Å²) in [4.78, 5) is 2.28. The third-order valence-electron chi connectivity index (χ3n) is 3.53. The highest BCUT2D eigenvalue weighted by molar-refractivity contribution is 4.51. The number of nitrogens with zero attached hydrogens (tertiary/aromatic N) is 1. The predicted octanol–water partition coefficient (Wildman–Crippen LogP) is 3.00. The van der Waals surface area contributed by atoms with E-state index in [0.717, 1.165) is 19.6 Å². The summed E-state index contributed by atoms with van der Waals surface area (Å²) in [6, 6.07) is 0. The molecule has 0 aromatic carbocycles. The summed E-state index contributed by atoms with van der Waals surface area (Å²) in [5.74, 6) is 0. The van der Waals surface area contributed by atoms with Gasteiger partial charge >= 0.3 is 0 Å². The van der Waals surface area contributed by atoms with Crippen molar-refractivity contribution in [1.29, 1.82) is 0 Å². The Hall–Kier alpha value is -0.120. The lowest BCUT2D eigenvalue weighted by molar-refractivity contribution is 0.389. The van der Waals surface area contributed by atoms with Crippen LogP contribution in [0.1, 0.15) is 64.2 Å². The van der Waals surface area contributed by atoms with Crippen LogP contribution in [0.15, 0.2) is 0 Å². The second kappa shape index (κ2) is 15.9. The molecule has 0 aliphatic carbocycles. The van der Waals surface area contributed by atoms with Crippen molar-refractivity contribution >= 4 is 0 Å². The molecule has 0 rings (SSSR count). The summed E-state index contributed by atoms with van der Waals surface area (Å²) in [7, 11) is 4.32. The number of hydrogen-bond acceptors (Lipinski definition) is 3. The summed E-state index contributed by atoms with van der Waals surface area (Å²) in [5.41, 5.74) is 5.42. The van der Waals surface area contributed by atoms with Crippen molar-refractivity contribution in [3.05, 3.63) is 0 Å². The van der Waals surface area contributed by atoms with Crippen LogP contribution in [-0.2, 0) is 0 Å². The minimum atomic E-state index is 0.758. The maximum atomic E-state index is 5.42. The monoisotopic (exact) mass is 271 g/mol. The average Bonchev–Trinajstić information content (AvgIpc) is 2.39. The first-order valence-electron chi connectivity index (χ1n) is 8.33. The molecule has 3 heteroatoms. The topological polar surface area (TPSA) is 41.3 Å². The van der Waals surface area contributed by atoms with E-state index in [2.05, 4.69) is 24.3 Å². The number of nitrogens with two attached hydrogens (primary N) is 1. The minimum absolute atomic E-state index is 0.758. The van der Waals surface area contributed by atoms with Gasteiger partial charge in [0, 0.05) is 13.1 Å². The van der Waals surface area contributed by atoms with E-state index in [1.54, 1.807) is 0 Å². The Morgan fingerprint density at radius 1 is 0.684 bits per heavy atom. The molecule has 0 aromatic rings. The highest BCUT2D eigenvalue weighted by Gasteiger charge is 1.94. The molecule has 0 fully saturated rings. The second-order valence-electron chi connectivity index (χ2n) is 5.88. The van der Waals surface area contributed by atoms with Gasteiger partial charge in [-0.1, -0.05) is 51.4 Å². The van der Waals surface area contributed by atoms with Crippen molar-refractivity contribution in [2.24, 2.45) is 5.73 Å². The Labute approximate surface area is 121 Å². The molecule has 0 spiro atoms. The quantitative estimate of drug-likeness (QED) is 0.450. The lowest BCUT2D eigenvalue weighted by Crippen LogP contribution is -2.23. The Morgan fingerprint density at radius 2 is 1.16 bits per heavy atom. The number of unbranched alkanes of at least 4 members (excludes halogenated alkanes) is 9. The van der Waals surface area contributed by atoms with Gasteiger partial charge in [-0.15, -0.1) is 0 Å². The van der Waals surface area contributed by atoms with Crippen LogP contribution in [0.25, 0.3) is 0 Å². The van der Waals surface area contributed by atoms with Gasteiger partial charge in [0.25, 0.3) is 0 Å². The third kappa shape index (κ3) is 17.9. The van der Waals surface area contributed by atoms with Crippen LogP contribution in [-0.4, -0.2) is 45.2 Å². The van der Waals surface area contributed by atoms with Crippen molar-refractivity contribution in [1.82, 2.24) is 10.2 Å². The molecule has 116 valence electrons. The Balaban J connectivity index is 2.91. The highest BCUT2D eigenvalue weighted by atomic mass is 15.0. The fourth-order valence-corrected chi connectivity index (χ4v) is 2.32. The Kier molecular flexibility index (Phi) is 15.8. The molecule has 0 unspecified atom stereocenters. The van der Waals surface area contributed by atoms with E-state index in [4.69, 9.17) is 5.73 Å². The zero-order chi connectivity index (χ0) is 14.2. The largest absolute Gasteiger partial charge is 0.329 e. The van der Waals surface area contributed by atoms with Gasteiger partial charge in [-0.2, -0.15) is 0 Å². The van der Waals surface area contributed by atoms with Crippen molar-refractivity contribution in [2.75, 3.05) is 40.3 Å². The first-order valence-corrected chi connectivity index (χ1v) is 8.33. The van der Waals surface area contributed by atoms with Gasteiger partial charge in [0.05, 0.1) is 0 Å². The average molecular weight is 271 g/mol. The van der Waals surface area contributed by atoms with Gasteiger partial charge in [0.15, 0.2) is 0 Å². The fourth-order valence-electron chi connectivity index (χ4n) is 2.32. The smallest absolute Gasteiger partial charge is 0.00745 e. The molecule has 0 atom stereocenters. The Morgan fingerprint density at radius 3 is 1.63 bits per heavy atom. The van der Waals surface area contributed by atoms with Gasteiger partial charge in [-0.05, 0) is 40.0 Å². The Bertz CT molecular complexity index is 160. The number of nitrogens with one attached hydrogen (secondary N) is 1. The molecule has 3 N–H and O–H groups in total. The summed E-state index contributed by atoms with van der Waals surface area (Å²) in [6.07, 6.45) is 14.0. The molecule has 0 amide bonds. The molecule has 0 aliphatic rings. The molecule has 0 bridgehead atoms. The van der Waals surface area contributed by atoms with Crippen LogP contribution < -0.4 is 11.1 Å². The van der Waals surface area contributed by atoms with E-state index >= 15 is 0 Å². The summed E-state index contributed by atoms with van der Waals surface area (Å²) in [6.45, 7) is 4.11. The van der Waals surface area contributed by atoms with Crippen LogP contribution in [0, 0.1) is 0 Å². The van der Waals surface area contributed by atoms with Gasteiger partial charge in [-0.25, -0.2) is 0 Å². The molecular weight excluding hydrogens is 234 g/mol. The predicted molar refractivity (Wildman–Crippen MR) is 86.6 cm³/mol. The lowest BCUT2D eigenvalue weighted by Gasteiger charge is -2.08. The normalized spacial score (nSPS) is 11.4. The first-order chi connectivity index (χ1) is 9.27. The highest BCUT2D eigenvalue weighted by Crippen LogP contribution is 2.10. The molecule has 0 heterocycles. The zero-order valence-corrected chi connectivity index (χ0v) is 13.4. The van der Waals surface area contributed by atoms with Crippen LogP contribution in [0.2, 0.25) is 0 Å². The zero-order valence-electron chi connectivity index (χ0n) is 13.4. The van der Waals surface area contributed by atoms with Crippen LogP contribution in [0.4, 0.5) is 0 Å². The lowest BCUT2D eigenvalue weighted by atomic mass is 10.1. The number of hydrogen-bond donors (Lipinski definition) is 2. The van der Waals surface area contributed by atoms with Gasteiger partial charge < -0.3 is 16.0 Å². The summed E-state index contributed by atoms with van der Waals surface area (Å²) in [5, 5.41) is 3.35. The number of rotatable bonds is 15. The van der Waals surface area contributed by atoms with Crippen LogP contribution >= 0.6 is 0 Å². The molecule has 19 heavy (non-hydrogen) atoms. The van der Waals surface area contributed by atoms with Crippen molar-refractivity contribution in [3.63, 3.8) is 0 Å². The van der Waals surface area contributed by atoms with E-state index in [-0.39, 0.29) is 0 Å². The summed E-state index contributed by atoms with van der Waals surface area (Å²) < 4.78 is 0. The fraction of sp³-hybridized carbons (Fsp3) is 1.00. The van der Waals surface area contributed by atoms with E-state index < -0.39 is 0 Å².